The number of carbonyl (C=O) groups excluding carboxylic acids is 1. The molecule has 0 aliphatic heterocycles. The molecule has 1 saturated carbocycles. The average Bonchev–Trinajstić information content (AvgIpc) is 3.13. The topological polar surface area (TPSA) is 66.0 Å². The lowest BCUT2D eigenvalue weighted by Crippen LogP contribution is -2.50. The minimum atomic E-state index is -0.315. The van der Waals surface area contributed by atoms with Gasteiger partial charge in [0.2, 0.25) is 5.91 Å². The van der Waals surface area contributed by atoms with E-state index in [1.165, 1.54) is 0 Å². The van der Waals surface area contributed by atoms with Crippen molar-refractivity contribution in [3.8, 4) is 5.75 Å². The van der Waals surface area contributed by atoms with Crippen LogP contribution in [0.1, 0.15) is 38.2 Å². The van der Waals surface area contributed by atoms with Crippen LogP contribution >= 0.6 is 0 Å². The SMILES string of the molecule is CN=C(NCC(C)Oc1ccccc1C)NCC1(C(=O)N(C)C)CCCC1. The van der Waals surface area contributed by atoms with Crippen LogP contribution in [0, 0.1) is 12.3 Å². The number of aliphatic imine (C=N–C) groups is 1. The van der Waals surface area contributed by atoms with Gasteiger partial charge in [0.05, 0.1) is 12.0 Å². The largest absolute Gasteiger partial charge is 0.489 e. The van der Waals surface area contributed by atoms with Gasteiger partial charge in [-0.15, -0.1) is 0 Å². The first-order valence-electron chi connectivity index (χ1n) is 9.76. The van der Waals surface area contributed by atoms with E-state index in [1.54, 1.807) is 11.9 Å². The highest BCUT2D eigenvalue weighted by Gasteiger charge is 2.42. The van der Waals surface area contributed by atoms with Crippen molar-refractivity contribution in [1.29, 1.82) is 0 Å². The van der Waals surface area contributed by atoms with Crippen LogP contribution in [-0.4, -0.2) is 57.1 Å². The van der Waals surface area contributed by atoms with Crippen LogP contribution in [0.5, 0.6) is 5.75 Å². The average molecular weight is 375 g/mol. The summed E-state index contributed by atoms with van der Waals surface area (Å²) in [5, 5.41) is 6.66. The molecule has 0 bridgehead atoms. The summed E-state index contributed by atoms with van der Waals surface area (Å²) in [6.07, 6.45) is 4.07. The van der Waals surface area contributed by atoms with Crippen LogP contribution in [0.25, 0.3) is 0 Å². The zero-order valence-electron chi connectivity index (χ0n) is 17.3. The molecule has 1 atom stereocenters. The van der Waals surface area contributed by atoms with Gasteiger partial charge in [0.25, 0.3) is 0 Å². The van der Waals surface area contributed by atoms with Crippen molar-refractivity contribution in [2.24, 2.45) is 10.4 Å². The van der Waals surface area contributed by atoms with Crippen molar-refractivity contribution in [3.63, 3.8) is 0 Å². The molecule has 0 heterocycles. The molecule has 150 valence electrons. The monoisotopic (exact) mass is 374 g/mol. The van der Waals surface area contributed by atoms with Gasteiger partial charge in [-0.1, -0.05) is 31.0 Å². The number of para-hydroxylation sites is 1. The quantitative estimate of drug-likeness (QED) is 0.569. The Kier molecular flexibility index (Phi) is 7.51. The standard InChI is InChI=1S/C21H34N4O2/c1-16-10-6-7-11-18(16)27-17(2)14-23-20(22-3)24-15-21(12-8-9-13-21)19(26)25(4)5/h6-7,10-11,17H,8-9,12-15H2,1-5H3,(H2,22,23,24). The Balaban J connectivity index is 1.86. The molecule has 1 fully saturated rings. The van der Waals surface area contributed by atoms with Gasteiger partial charge in [-0.25, -0.2) is 0 Å². The molecule has 1 aromatic rings. The molecule has 27 heavy (non-hydrogen) atoms. The smallest absolute Gasteiger partial charge is 0.230 e. The Morgan fingerprint density at radius 1 is 1.26 bits per heavy atom. The van der Waals surface area contributed by atoms with Gasteiger partial charge in [0.1, 0.15) is 11.9 Å². The van der Waals surface area contributed by atoms with Crippen LogP contribution in [0.4, 0.5) is 0 Å². The lowest BCUT2D eigenvalue weighted by Gasteiger charge is -2.31. The van der Waals surface area contributed by atoms with Crippen LogP contribution in [0.15, 0.2) is 29.3 Å². The van der Waals surface area contributed by atoms with Crippen LogP contribution in [0.3, 0.4) is 0 Å². The third-order valence-electron chi connectivity index (χ3n) is 5.22. The number of nitrogens with one attached hydrogen (secondary N) is 2. The molecule has 0 aromatic heterocycles. The zero-order chi connectivity index (χ0) is 19.9. The predicted molar refractivity (Wildman–Crippen MR) is 110 cm³/mol. The van der Waals surface area contributed by atoms with Gasteiger partial charge in [0.15, 0.2) is 5.96 Å². The number of benzene rings is 1. The highest BCUT2D eigenvalue weighted by molar-refractivity contribution is 5.85. The lowest BCUT2D eigenvalue weighted by atomic mass is 9.84. The number of carbonyl (C=O) groups is 1. The van der Waals surface area contributed by atoms with Crippen LogP contribution in [-0.2, 0) is 4.79 Å². The van der Waals surface area contributed by atoms with E-state index in [1.807, 2.05) is 52.2 Å². The first kappa shape index (κ1) is 21.1. The number of ether oxygens (including phenoxy) is 1. The molecule has 1 aromatic carbocycles. The second-order valence-corrected chi connectivity index (χ2v) is 7.69. The van der Waals surface area contributed by atoms with E-state index < -0.39 is 0 Å². The third-order valence-corrected chi connectivity index (χ3v) is 5.22. The maximum absolute atomic E-state index is 12.7. The van der Waals surface area contributed by atoms with Crippen molar-refractivity contribution in [2.75, 3.05) is 34.2 Å². The zero-order valence-corrected chi connectivity index (χ0v) is 17.3. The second kappa shape index (κ2) is 9.62. The number of guanidine groups is 1. The van der Waals surface area contributed by atoms with Gasteiger partial charge >= 0.3 is 0 Å². The summed E-state index contributed by atoms with van der Waals surface area (Å²) in [5.41, 5.74) is 0.807. The molecule has 2 rings (SSSR count). The van der Waals surface area contributed by atoms with Crippen LogP contribution in [0.2, 0.25) is 0 Å². The summed E-state index contributed by atoms with van der Waals surface area (Å²) in [7, 11) is 5.41. The van der Waals surface area contributed by atoms with Crippen molar-refractivity contribution >= 4 is 11.9 Å². The Bertz CT molecular complexity index is 651. The molecule has 0 spiro atoms. The number of hydrogen-bond donors (Lipinski definition) is 2. The number of hydrogen-bond acceptors (Lipinski definition) is 3. The lowest BCUT2D eigenvalue weighted by molar-refractivity contribution is -0.138. The molecule has 2 N–H and O–H groups in total. The van der Waals surface area contributed by atoms with Crippen molar-refractivity contribution in [1.82, 2.24) is 15.5 Å². The summed E-state index contributed by atoms with van der Waals surface area (Å²) < 4.78 is 6.00. The van der Waals surface area contributed by atoms with Crippen molar-refractivity contribution < 1.29 is 9.53 Å². The van der Waals surface area contributed by atoms with E-state index in [0.29, 0.717) is 19.0 Å². The fourth-order valence-corrected chi connectivity index (χ4v) is 3.65. The van der Waals surface area contributed by atoms with E-state index in [2.05, 4.69) is 15.6 Å². The fraction of sp³-hybridized carbons (Fsp3) is 0.619. The Morgan fingerprint density at radius 2 is 1.93 bits per heavy atom. The first-order chi connectivity index (χ1) is 12.9. The maximum atomic E-state index is 12.7. The van der Waals surface area contributed by atoms with Gasteiger partial charge in [-0.3, -0.25) is 9.79 Å². The summed E-state index contributed by atoms with van der Waals surface area (Å²) >= 11 is 0. The summed E-state index contributed by atoms with van der Waals surface area (Å²) in [6.45, 7) is 5.30. The Labute approximate surface area is 163 Å². The highest BCUT2D eigenvalue weighted by atomic mass is 16.5. The van der Waals surface area contributed by atoms with Gasteiger partial charge in [0, 0.05) is 27.7 Å². The fourth-order valence-electron chi connectivity index (χ4n) is 3.65. The third kappa shape index (κ3) is 5.62. The number of amides is 1. The molecule has 6 heteroatoms. The molecule has 1 aliphatic carbocycles. The maximum Gasteiger partial charge on any atom is 0.230 e. The molecule has 1 amide bonds. The van der Waals surface area contributed by atoms with E-state index in [0.717, 1.165) is 37.0 Å². The van der Waals surface area contributed by atoms with Gasteiger partial charge in [-0.2, -0.15) is 0 Å². The van der Waals surface area contributed by atoms with E-state index in [-0.39, 0.29) is 17.4 Å². The van der Waals surface area contributed by atoms with E-state index >= 15 is 0 Å². The second-order valence-electron chi connectivity index (χ2n) is 7.69. The number of aryl methyl sites for hydroxylation is 1. The molecular formula is C21H34N4O2. The Hall–Kier alpha value is -2.24. The van der Waals surface area contributed by atoms with Crippen LogP contribution < -0.4 is 15.4 Å². The van der Waals surface area contributed by atoms with Gasteiger partial charge < -0.3 is 20.3 Å². The Morgan fingerprint density at radius 3 is 2.52 bits per heavy atom. The highest BCUT2D eigenvalue weighted by Crippen LogP contribution is 2.38. The van der Waals surface area contributed by atoms with E-state index in [9.17, 15) is 4.79 Å². The molecule has 1 unspecified atom stereocenters. The van der Waals surface area contributed by atoms with Gasteiger partial charge in [-0.05, 0) is 38.3 Å². The summed E-state index contributed by atoms with van der Waals surface area (Å²) in [5.74, 6) is 1.81. The van der Waals surface area contributed by atoms with Crippen molar-refractivity contribution in [2.45, 2.75) is 45.6 Å². The predicted octanol–water partition coefficient (Wildman–Crippen LogP) is 2.58. The normalized spacial score (nSPS) is 17.3. The molecule has 6 nitrogen and oxygen atoms in total. The molecular weight excluding hydrogens is 340 g/mol. The first-order valence-corrected chi connectivity index (χ1v) is 9.76. The number of rotatable bonds is 7. The number of nitrogens with zero attached hydrogens (tertiary/aromatic N) is 2. The molecule has 0 saturated heterocycles. The molecule has 0 radical (unpaired) electrons. The summed E-state index contributed by atoms with van der Waals surface area (Å²) in [6, 6.07) is 8.00. The minimum Gasteiger partial charge on any atom is -0.489 e. The molecule has 1 aliphatic rings. The summed E-state index contributed by atoms with van der Waals surface area (Å²) in [4.78, 5) is 18.7. The minimum absolute atomic E-state index is 0.00602. The van der Waals surface area contributed by atoms with Crippen molar-refractivity contribution in [3.05, 3.63) is 29.8 Å². The van der Waals surface area contributed by atoms with E-state index in [4.69, 9.17) is 4.74 Å².